The minimum absolute atomic E-state index is 0.0515. The molecule has 5 N–H and O–H groups in total. The molecule has 1 heterocycles. The minimum atomic E-state index is -1.50. The number of allylic oxidation sites excluding steroid dienone is 2. The highest BCUT2D eigenvalue weighted by Crippen LogP contribution is 2.76. The van der Waals surface area contributed by atoms with E-state index in [2.05, 4.69) is 54.5 Å². The van der Waals surface area contributed by atoms with Crippen LogP contribution in [0.15, 0.2) is 11.6 Å². The van der Waals surface area contributed by atoms with Crippen LogP contribution in [0.3, 0.4) is 0 Å². The van der Waals surface area contributed by atoms with Crippen molar-refractivity contribution in [3.63, 3.8) is 0 Å². The number of carbonyl (C=O) groups is 1. The first-order valence-corrected chi connectivity index (χ1v) is 17.2. The molecule has 0 radical (unpaired) electrons. The summed E-state index contributed by atoms with van der Waals surface area (Å²) in [5, 5.41) is 54.3. The van der Waals surface area contributed by atoms with E-state index in [0.717, 1.165) is 51.4 Å². The molecule has 5 aliphatic carbocycles. The number of aliphatic hydroxyl groups excluding tert-OH is 5. The van der Waals surface area contributed by atoms with Crippen LogP contribution in [0.25, 0.3) is 0 Å². The van der Waals surface area contributed by atoms with Crippen LogP contribution in [-0.4, -0.2) is 74.5 Å². The molecule has 0 amide bonds. The Bertz CT molecular complexity index is 1150. The molecule has 43 heavy (non-hydrogen) atoms. The van der Waals surface area contributed by atoms with E-state index in [1.54, 1.807) is 0 Å². The Morgan fingerprint density at radius 2 is 1.60 bits per heavy atom. The molecule has 15 atom stereocenters. The third kappa shape index (κ3) is 4.10. The van der Waals surface area contributed by atoms with Crippen molar-refractivity contribution >= 4 is 5.78 Å². The summed E-state index contributed by atoms with van der Waals surface area (Å²) < 4.78 is 6.01. The zero-order valence-electron chi connectivity index (χ0n) is 27.6. The van der Waals surface area contributed by atoms with Crippen molar-refractivity contribution in [2.24, 2.45) is 56.7 Å². The van der Waals surface area contributed by atoms with Gasteiger partial charge in [-0.15, -0.1) is 0 Å². The van der Waals surface area contributed by atoms with Gasteiger partial charge in [0.15, 0.2) is 0 Å². The average molecular weight is 603 g/mol. The number of hydrogen-bond acceptors (Lipinski definition) is 7. The maximum Gasteiger partial charge on any atom is 0.138 e. The number of ketones is 1. The lowest BCUT2D eigenvalue weighted by Gasteiger charge is -2.71. The zero-order valence-corrected chi connectivity index (χ0v) is 27.6. The Balaban J connectivity index is 1.41. The predicted molar refractivity (Wildman–Crippen MR) is 164 cm³/mol. The summed E-state index contributed by atoms with van der Waals surface area (Å²) in [6.07, 6.45) is 3.30. The zero-order chi connectivity index (χ0) is 31.5. The second-order valence-electron chi connectivity index (χ2n) is 17.3. The van der Waals surface area contributed by atoms with Gasteiger partial charge in [-0.25, -0.2) is 0 Å². The summed E-state index contributed by atoms with van der Waals surface area (Å²) in [6, 6.07) is 0. The monoisotopic (exact) mass is 602 g/mol. The van der Waals surface area contributed by atoms with E-state index in [1.807, 2.05) is 0 Å². The van der Waals surface area contributed by atoms with Crippen molar-refractivity contribution in [2.75, 3.05) is 6.61 Å². The Labute approximate surface area is 258 Å². The fraction of sp³-hybridized carbons (Fsp3) is 0.917. The number of ether oxygens (including phenoxy) is 1. The van der Waals surface area contributed by atoms with E-state index in [1.165, 1.54) is 5.57 Å². The van der Waals surface area contributed by atoms with Crippen molar-refractivity contribution in [2.45, 2.75) is 143 Å². The highest BCUT2D eigenvalue weighted by molar-refractivity contribution is 5.85. The molecule has 0 aromatic heterocycles. The quantitative estimate of drug-likeness (QED) is 0.303. The van der Waals surface area contributed by atoms with E-state index in [9.17, 15) is 30.3 Å². The SMILES string of the molecule is C[C@@H]1CC[C@]2(C(O)[C@@H]3OC(CO)[C@@H](O)C(O)C3O)CC[C@]3(C)C(=CCC4[C@@]5(C)CCC(=O)C(C)(C)C5CC[C@]43C)C2[C@H]1C. The van der Waals surface area contributed by atoms with Crippen molar-refractivity contribution in [1.82, 2.24) is 0 Å². The van der Waals surface area contributed by atoms with Crippen molar-refractivity contribution in [3.8, 4) is 0 Å². The molecule has 1 saturated heterocycles. The topological polar surface area (TPSA) is 127 Å². The summed E-state index contributed by atoms with van der Waals surface area (Å²) in [5.41, 5.74) is 0.765. The summed E-state index contributed by atoms with van der Waals surface area (Å²) in [7, 11) is 0. The van der Waals surface area contributed by atoms with E-state index in [-0.39, 0.29) is 27.6 Å². The van der Waals surface area contributed by atoms with Crippen LogP contribution in [-0.2, 0) is 9.53 Å². The van der Waals surface area contributed by atoms with Gasteiger partial charge >= 0.3 is 0 Å². The summed E-state index contributed by atoms with van der Waals surface area (Å²) in [6.45, 7) is 16.0. The maximum absolute atomic E-state index is 13.1. The van der Waals surface area contributed by atoms with Gasteiger partial charge in [0.2, 0.25) is 0 Å². The molecule has 6 aliphatic rings. The molecule has 5 fully saturated rings. The number of rotatable bonds is 3. The van der Waals surface area contributed by atoms with Gasteiger partial charge in [-0.1, -0.05) is 60.1 Å². The molecule has 0 bridgehead atoms. The molecule has 7 unspecified atom stereocenters. The van der Waals surface area contributed by atoms with Crippen molar-refractivity contribution in [3.05, 3.63) is 11.6 Å². The van der Waals surface area contributed by atoms with Crippen molar-refractivity contribution in [1.29, 1.82) is 0 Å². The predicted octanol–water partition coefficient (Wildman–Crippen LogP) is 4.42. The van der Waals surface area contributed by atoms with Gasteiger partial charge in [0, 0.05) is 17.3 Å². The highest BCUT2D eigenvalue weighted by Gasteiger charge is 2.70. The van der Waals surface area contributed by atoms with Crippen LogP contribution < -0.4 is 0 Å². The number of fused-ring (bicyclic) bond motifs is 7. The molecule has 0 aromatic rings. The molecule has 7 nitrogen and oxygen atoms in total. The minimum Gasteiger partial charge on any atom is -0.394 e. The third-order valence-corrected chi connectivity index (χ3v) is 15.6. The van der Waals surface area contributed by atoms with Crippen LogP contribution in [0.2, 0.25) is 0 Å². The first kappa shape index (κ1) is 32.1. The second-order valence-corrected chi connectivity index (χ2v) is 17.3. The molecule has 6 rings (SSSR count). The van der Waals surface area contributed by atoms with Crippen LogP contribution in [0.4, 0.5) is 0 Å². The van der Waals surface area contributed by atoms with Gasteiger partial charge in [-0.3, -0.25) is 4.79 Å². The molecule has 0 aromatic carbocycles. The number of Topliss-reactive ketones (excluding diaryl/α,β-unsaturated/α-hetero) is 1. The largest absolute Gasteiger partial charge is 0.394 e. The number of aliphatic hydroxyl groups is 5. The fourth-order valence-corrected chi connectivity index (χ4v) is 12.6. The van der Waals surface area contributed by atoms with Gasteiger partial charge < -0.3 is 30.3 Å². The Morgan fingerprint density at radius 1 is 0.907 bits per heavy atom. The summed E-state index contributed by atoms with van der Waals surface area (Å²) in [4.78, 5) is 13.1. The lowest BCUT2D eigenvalue weighted by Crippen LogP contribution is -2.68. The van der Waals surface area contributed by atoms with E-state index < -0.39 is 48.6 Å². The molecule has 7 heteroatoms. The second kappa shape index (κ2) is 10.3. The van der Waals surface area contributed by atoms with Gasteiger partial charge in [-0.2, -0.15) is 0 Å². The van der Waals surface area contributed by atoms with Crippen LogP contribution in [0.5, 0.6) is 0 Å². The Kier molecular flexibility index (Phi) is 7.72. The van der Waals surface area contributed by atoms with E-state index >= 15 is 0 Å². The molecule has 4 saturated carbocycles. The van der Waals surface area contributed by atoms with Crippen LogP contribution in [0.1, 0.15) is 106 Å². The molecule has 244 valence electrons. The molecule has 0 spiro atoms. The first-order valence-electron chi connectivity index (χ1n) is 17.2. The van der Waals surface area contributed by atoms with Crippen LogP contribution >= 0.6 is 0 Å². The van der Waals surface area contributed by atoms with Gasteiger partial charge in [0.05, 0.1) is 12.7 Å². The van der Waals surface area contributed by atoms with Crippen molar-refractivity contribution < 1.29 is 35.1 Å². The molecular formula is C36H58O7. The first-order chi connectivity index (χ1) is 20.0. The fourth-order valence-electron chi connectivity index (χ4n) is 12.6. The van der Waals surface area contributed by atoms with E-state index in [4.69, 9.17) is 4.74 Å². The number of carbonyl (C=O) groups excluding carboxylic acids is 1. The molecule has 1 aliphatic heterocycles. The lowest BCUT2D eigenvalue weighted by atomic mass is 9.33. The normalized spacial score (nSPS) is 55.3. The van der Waals surface area contributed by atoms with Gasteiger partial charge in [-0.05, 0) is 97.2 Å². The van der Waals surface area contributed by atoms with Gasteiger partial charge in [0.1, 0.15) is 36.3 Å². The summed E-state index contributed by atoms with van der Waals surface area (Å²) >= 11 is 0. The average Bonchev–Trinajstić information content (AvgIpc) is 2.96. The lowest BCUT2D eigenvalue weighted by molar-refractivity contribution is -0.273. The molecular weight excluding hydrogens is 544 g/mol. The Hall–Kier alpha value is -0.830. The number of hydrogen-bond donors (Lipinski definition) is 5. The summed E-state index contributed by atoms with van der Waals surface area (Å²) in [5.74, 6) is 2.20. The third-order valence-electron chi connectivity index (χ3n) is 15.6. The smallest absolute Gasteiger partial charge is 0.138 e. The van der Waals surface area contributed by atoms with Gasteiger partial charge in [0.25, 0.3) is 0 Å². The maximum atomic E-state index is 13.1. The Morgan fingerprint density at radius 3 is 2.28 bits per heavy atom. The van der Waals surface area contributed by atoms with E-state index in [0.29, 0.717) is 35.9 Å². The standard InChI is InChI=1S/C36H58O7/c1-19-10-15-36(31(42)30-29(41)28(40)27(39)22(18-37)43-30)17-16-34(6)21(26(36)20(19)2)8-9-24-33(5)13-12-25(38)32(3,4)23(33)11-14-35(24,34)7/h8,19-20,22-24,26-31,37,39-42H,9-18H2,1-7H3/t19-,20+,22?,23?,24?,26?,27-,28?,29?,30-,31?,33+,34-,35-,36+/m1/s1. The highest BCUT2D eigenvalue weighted by atomic mass is 16.6. The van der Waals surface area contributed by atoms with Crippen LogP contribution in [0, 0.1) is 56.7 Å².